The van der Waals surface area contributed by atoms with Gasteiger partial charge < -0.3 is 20.9 Å². The Bertz CT molecular complexity index is 1430. The second kappa shape index (κ2) is 11.5. The number of anilines is 1. The summed E-state index contributed by atoms with van der Waals surface area (Å²) in [5, 5.41) is 25.2. The first-order valence-electron chi connectivity index (χ1n) is 11.8. The van der Waals surface area contributed by atoms with Gasteiger partial charge in [-0.25, -0.2) is 19.9 Å². The van der Waals surface area contributed by atoms with Crippen molar-refractivity contribution in [2.45, 2.75) is 31.2 Å². The number of aromatic nitrogens is 3. The number of rotatable bonds is 9. The summed E-state index contributed by atoms with van der Waals surface area (Å²) in [4.78, 5) is 24.5. The fourth-order valence-corrected chi connectivity index (χ4v) is 4.42. The van der Waals surface area contributed by atoms with Gasteiger partial charge in [-0.3, -0.25) is 9.78 Å². The molecule has 38 heavy (non-hydrogen) atoms. The molecule has 0 radical (unpaired) electrons. The Balaban J connectivity index is 1.56. The van der Waals surface area contributed by atoms with Crippen molar-refractivity contribution in [1.82, 2.24) is 20.3 Å². The van der Waals surface area contributed by atoms with Gasteiger partial charge in [-0.15, -0.1) is 0 Å². The molecule has 4 rings (SSSR count). The average Bonchev–Trinajstić information content (AvgIpc) is 2.91. The summed E-state index contributed by atoms with van der Waals surface area (Å²) in [7, 11) is 0. The number of benzene rings is 1. The predicted molar refractivity (Wildman–Crippen MR) is 135 cm³/mol. The fourth-order valence-electron chi connectivity index (χ4n) is 4.42. The van der Waals surface area contributed by atoms with Gasteiger partial charge in [0, 0.05) is 36.1 Å². The Kier molecular flexibility index (Phi) is 7.98. The van der Waals surface area contributed by atoms with Crippen molar-refractivity contribution in [3.05, 3.63) is 77.1 Å². The average molecular weight is 517 g/mol. The molecule has 0 unspecified atom stereocenters. The van der Waals surface area contributed by atoms with E-state index in [1.807, 2.05) is 12.1 Å². The van der Waals surface area contributed by atoms with Crippen LogP contribution in [0, 0.1) is 22.7 Å². The van der Waals surface area contributed by atoms with Gasteiger partial charge in [0.15, 0.2) is 0 Å². The third-order valence-corrected chi connectivity index (χ3v) is 6.33. The lowest BCUT2D eigenvalue weighted by molar-refractivity contribution is -0.139. The number of hydrogen-bond donors (Lipinski definition) is 4. The molecule has 0 atom stereocenters. The topological polar surface area (TPSA) is 183 Å². The maximum atomic E-state index is 14.7. The SMILES string of the molecule is N#Cc1cccc(-c2cc(/C(=C/NCc3cccc(C4(CC(=O)O)CCOCC4)n3)N=N)nc(N)n2)c1F. The molecule has 1 aliphatic heterocycles. The maximum absolute atomic E-state index is 14.7. The molecule has 0 bridgehead atoms. The van der Waals surface area contributed by atoms with Crippen LogP contribution in [0.25, 0.3) is 17.0 Å². The Morgan fingerprint density at radius 2 is 2.03 bits per heavy atom. The van der Waals surface area contributed by atoms with Gasteiger partial charge in [0.25, 0.3) is 0 Å². The van der Waals surface area contributed by atoms with Crippen molar-refractivity contribution in [3.63, 3.8) is 0 Å². The Morgan fingerprint density at radius 3 is 2.74 bits per heavy atom. The van der Waals surface area contributed by atoms with E-state index in [0.717, 1.165) is 0 Å². The molecule has 1 fully saturated rings. The number of carboxylic acids is 1. The number of nitriles is 1. The van der Waals surface area contributed by atoms with Gasteiger partial charge in [0.05, 0.1) is 35.6 Å². The molecule has 1 aromatic carbocycles. The first-order chi connectivity index (χ1) is 18.3. The summed E-state index contributed by atoms with van der Waals surface area (Å²) in [6.07, 6.45) is 2.56. The van der Waals surface area contributed by atoms with Crippen LogP contribution in [0.15, 0.2) is 53.8 Å². The number of hydrogen-bond acceptors (Lipinski definition) is 10. The van der Waals surface area contributed by atoms with E-state index in [0.29, 0.717) is 37.4 Å². The molecule has 1 aliphatic rings. The van der Waals surface area contributed by atoms with E-state index in [2.05, 4.69) is 20.4 Å². The van der Waals surface area contributed by atoms with Crippen LogP contribution in [-0.2, 0) is 21.5 Å². The third kappa shape index (κ3) is 5.79. The van der Waals surface area contributed by atoms with Crippen LogP contribution in [0.4, 0.5) is 10.3 Å². The minimum absolute atomic E-state index is 0.0304. The highest BCUT2D eigenvalue weighted by molar-refractivity contribution is 5.70. The second-order valence-electron chi connectivity index (χ2n) is 8.78. The zero-order valence-corrected chi connectivity index (χ0v) is 20.3. The highest BCUT2D eigenvalue weighted by Crippen LogP contribution is 2.37. The van der Waals surface area contributed by atoms with Crippen LogP contribution in [-0.4, -0.2) is 39.2 Å². The van der Waals surface area contributed by atoms with Gasteiger partial charge in [-0.2, -0.15) is 10.4 Å². The molecular weight excluding hydrogens is 491 g/mol. The first-order valence-corrected chi connectivity index (χ1v) is 11.8. The van der Waals surface area contributed by atoms with Gasteiger partial charge in [-0.05, 0) is 43.2 Å². The number of carboxylic acid groups (broad SMARTS) is 1. The van der Waals surface area contributed by atoms with E-state index in [-0.39, 0.29) is 47.1 Å². The van der Waals surface area contributed by atoms with Crippen molar-refractivity contribution in [1.29, 1.82) is 10.8 Å². The molecule has 0 saturated carbocycles. The zero-order chi connectivity index (χ0) is 27.1. The Labute approximate surface area is 217 Å². The largest absolute Gasteiger partial charge is 0.481 e. The van der Waals surface area contributed by atoms with Crippen LogP contribution >= 0.6 is 0 Å². The molecule has 194 valence electrons. The lowest BCUT2D eigenvalue weighted by Gasteiger charge is -2.35. The molecule has 0 aliphatic carbocycles. The number of ether oxygens (including phenoxy) is 1. The summed E-state index contributed by atoms with van der Waals surface area (Å²) in [6.45, 7) is 1.21. The summed E-state index contributed by atoms with van der Waals surface area (Å²) in [5.41, 5.74) is 14.6. The van der Waals surface area contributed by atoms with Crippen molar-refractivity contribution in [2.24, 2.45) is 5.11 Å². The van der Waals surface area contributed by atoms with Crippen molar-refractivity contribution < 1.29 is 19.0 Å². The first kappa shape index (κ1) is 26.3. The Morgan fingerprint density at radius 1 is 1.26 bits per heavy atom. The quantitative estimate of drug-likeness (QED) is 0.307. The van der Waals surface area contributed by atoms with Crippen LogP contribution in [0.2, 0.25) is 0 Å². The monoisotopic (exact) mass is 516 g/mol. The Hall–Kier alpha value is -4.76. The molecule has 5 N–H and O–H groups in total. The van der Waals surface area contributed by atoms with Gasteiger partial charge in [0.1, 0.15) is 17.6 Å². The number of carbonyl (C=O) groups is 1. The number of nitrogens with one attached hydrogen (secondary N) is 2. The number of halogens is 1. The highest BCUT2D eigenvalue weighted by Gasteiger charge is 2.38. The van der Waals surface area contributed by atoms with E-state index >= 15 is 0 Å². The molecule has 2 aromatic heterocycles. The fraction of sp³-hybridized carbons (Fsp3) is 0.269. The minimum Gasteiger partial charge on any atom is -0.481 e. The maximum Gasteiger partial charge on any atom is 0.304 e. The highest BCUT2D eigenvalue weighted by atomic mass is 19.1. The van der Waals surface area contributed by atoms with Crippen molar-refractivity contribution in [2.75, 3.05) is 18.9 Å². The van der Waals surface area contributed by atoms with Crippen LogP contribution in [0.3, 0.4) is 0 Å². The van der Waals surface area contributed by atoms with Gasteiger partial charge in [-0.1, -0.05) is 12.1 Å². The van der Waals surface area contributed by atoms with Crippen molar-refractivity contribution >= 4 is 17.6 Å². The molecule has 0 amide bonds. The van der Waals surface area contributed by atoms with Crippen LogP contribution < -0.4 is 11.1 Å². The number of nitrogens with zero attached hydrogens (tertiary/aromatic N) is 5. The normalized spacial score (nSPS) is 14.9. The summed E-state index contributed by atoms with van der Waals surface area (Å²) >= 11 is 0. The molecule has 1 saturated heterocycles. The smallest absolute Gasteiger partial charge is 0.304 e. The van der Waals surface area contributed by atoms with E-state index in [1.54, 1.807) is 12.1 Å². The number of nitrogen functional groups attached to an aromatic ring is 1. The molecule has 0 spiro atoms. The minimum atomic E-state index is -0.885. The van der Waals surface area contributed by atoms with E-state index in [4.69, 9.17) is 26.2 Å². The number of pyridine rings is 1. The summed E-state index contributed by atoms with van der Waals surface area (Å²) in [6, 6.07) is 13.0. The second-order valence-corrected chi connectivity index (χ2v) is 8.78. The van der Waals surface area contributed by atoms with E-state index in [1.165, 1.54) is 30.5 Å². The van der Waals surface area contributed by atoms with Gasteiger partial charge >= 0.3 is 5.97 Å². The standard InChI is InChI=1S/C26H25FN8O3/c27-24-16(13-28)3-1-5-18(24)19-11-20(34-25(29)33-19)21(35-30)15-31-14-17-4-2-6-22(32-17)26(12-23(36)37)7-9-38-10-8-26/h1-6,11,15,30-31H,7-10,12,14H2,(H,36,37)(H2,29,33,34)/b21-15-,35-30?. The molecule has 12 heteroatoms. The lowest BCUT2D eigenvalue weighted by atomic mass is 9.74. The molecule has 11 nitrogen and oxygen atoms in total. The predicted octanol–water partition coefficient (Wildman–Crippen LogP) is 3.77. The van der Waals surface area contributed by atoms with Gasteiger partial charge in [0.2, 0.25) is 5.95 Å². The number of aliphatic carboxylic acids is 1. The van der Waals surface area contributed by atoms with Crippen molar-refractivity contribution in [3.8, 4) is 17.3 Å². The zero-order valence-electron chi connectivity index (χ0n) is 20.3. The van der Waals surface area contributed by atoms with E-state index in [9.17, 15) is 14.3 Å². The van der Waals surface area contributed by atoms with Crippen LogP contribution in [0.5, 0.6) is 0 Å². The summed E-state index contributed by atoms with van der Waals surface area (Å²) in [5.74, 6) is -1.77. The molecule has 3 aromatic rings. The number of nitrogens with two attached hydrogens (primary N) is 1. The summed E-state index contributed by atoms with van der Waals surface area (Å²) < 4.78 is 20.1. The van der Waals surface area contributed by atoms with E-state index < -0.39 is 17.2 Å². The third-order valence-electron chi connectivity index (χ3n) is 6.33. The lowest BCUT2D eigenvalue weighted by Crippen LogP contribution is -2.37. The molecular formula is C26H25FN8O3. The molecule has 3 heterocycles. The van der Waals surface area contributed by atoms with Crippen LogP contribution in [0.1, 0.15) is 41.9 Å².